The predicted octanol–water partition coefficient (Wildman–Crippen LogP) is 7.68. The summed E-state index contributed by atoms with van der Waals surface area (Å²) >= 11 is 0. The van der Waals surface area contributed by atoms with E-state index in [2.05, 4.69) is 91.2 Å². The van der Waals surface area contributed by atoms with Crippen LogP contribution >= 0.6 is 0 Å². The van der Waals surface area contributed by atoms with Gasteiger partial charge in [-0.25, -0.2) is 0 Å². The summed E-state index contributed by atoms with van der Waals surface area (Å²) in [6.07, 6.45) is 1.75. The van der Waals surface area contributed by atoms with E-state index in [1.807, 2.05) is 32.9 Å². The van der Waals surface area contributed by atoms with Gasteiger partial charge in [0.05, 0.1) is 0 Å². The molecule has 0 saturated carbocycles. The van der Waals surface area contributed by atoms with Crippen LogP contribution in [0.2, 0.25) is 0 Å². The molecular formula is C24H29N. The van der Waals surface area contributed by atoms with Crippen molar-refractivity contribution in [3.05, 3.63) is 103 Å². The number of para-hydroxylation sites is 2. The highest BCUT2D eigenvalue weighted by Gasteiger charge is 2.10. The maximum absolute atomic E-state index is 3.36. The smallest absolute Gasteiger partial charge is 0.0461 e. The van der Waals surface area contributed by atoms with E-state index in [1.54, 1.807) is 6.08 Å². The SMILES string of the molecule is C=CC.CC.Cc1ccc(N(c2ccccc2)c2ccccc2)cc1. The molecule has 0 aliphatic carbocycles. The molecule has 3 aromatic rings. The molecule has 0 aliphatic heterocycles. The number of rotatable bonds is 3. The van der Waals surface area contributed by atoms with Crippen molar-refractivity contribution in [2.45, 2.75) is 27.7 Å². The minimum atomic E-state index is 1.17. The summed E-state index contributed by atoms with van der Waals surface area (Å²) in [5, 5.41) is 0. The molecule has 0 atom stereocenters. The van der Waals surface area contributed by atoms with Gasteiger partial charge in [0.2, 0.25) is 0 Å². The molecule has 0 bridgehead atoms. The second kappa shape index (κ2) is 11.7. The Morgan fingerprint density at radius 2 is 0.960 bits per heavy atom. The van der Waals surface area contributed by atoms with Crippen molar-refractivity contribution >= 4 is 17.1 Å². The first kappa shape index (κ1) is 20.2. The van der Waals surface area contributed by atoms with E-state index in [0.717, 1.165) is 0 Å². The van der Waals surface area contributed by atoms with E-state index in [4.69, 9.17) is 0 Å². The largest absolute Gasteiger partial charge is 0.311 e. The quantitative estimate of drug-likeness (QED) is 0.445. The van der Waals surface area contributed by atoms with Crippen molar-refractivity contribution in [2.75, 3.05) is 4.90 Å². The molecule has 0 amide bonds. The van der Waals surface area contributed by atoms with Crippen molar-refractivity contribution in [3.63, 3.8) is 0 Å². The number of allylic oxidation sites excluding steroid dienone is 1. The van der Waals surface area contributed by atoms with Gasteiger partial charge < -0.3 is 4.90 Å². The minimum absolute atomic E-state index is 1.17. The normalized spacial score (nSPS) is 8.96. The number of hydrogen-bond donors (Lipinski definition) is 0. The number of aryl methyl sites for hydroxylation is 1. The Kier molecular flexibility index (Phi) is 9.47. The lowest BCUT2D eigenvalue weighted by molar-refractivity contribution is 1.27. The van der Waals surface area contributed by atoms with E-state index in [9.17, 15) is 0 Å². The van der Waals surface area contributed by atoms with Crippen LogP contribution in [0.4, 0.5) is 17.1 Å². The summed E-state index contributed by atoms with van der Waals surface area (Å²) < 4.78 is 0. The van der Waals surface area contributed by atoms with Crippen molar-refractivity contribution in [1.82, 2.24) is 0 Å². The second-order valence-electron chi connectivity index (χ2n) is 5.25. The molecule has 3 rings (SSSR count). The zero-order valence-electron chi connectivity index (χ0n) is 15.8. The van der Waals surface area contributed by atoms with E-state index in [-0.39, 0.29) is 0 Å². The summed E-state index contributed by atoms with van der Waals surface area (Å²) in [7, 11) is 0. The Hall–Kier alpha value is -2.80. The first-order valence-corrected chi connectivity index (χ1v) is 8.80. The van der Waals surface area contributed by atoms with Gasteiger partial charge in [0, 0.05) is 17.1 Å². The van der Waals surface area contributed by atoms with Crippen LogP contribution in [0.3, 0.4) is 0 Å². The second-order valence-corrected chi connectivity index (χ2v) is 5.25. The molecule has 3 aromatic carbocycles. The number of hydrogen-bond acceptors (Lipinski definition) is 1. The topological polar surface area (TPSA) is 3.24 Å². The molecule has 0 saturated heterocycles. The van der Waals surface area contributed by atoms with Gasteiger partial charge in [0.15, 0.2) is 0 Å². The van der Waals surface area contributed by atoms with Crippen molar-refractivity contribution < 1.29 is 0 Å². The van der Waals surface area contributed by atoms with Crippen LogP contribution in [0.5, 0.6) is 0 Å². The Balaban J connectivity index is 0.000000567. The van der Waals surface area contributed by atoms with Crippen LogP contribution in [-0.2, 0) is 0 Å². The highest BCUT2D eigenvalue weighted by Crippen LogP contribution is 2.33. The molecule has 130 valence electrons. The lowest BCUT2D eigenvalue weighted by Crippen LogP contribution is -2.09. The summed E-state index contributed by atoms with van der Waals surface area (Å²) in [5.41, 5.74) is 4.79. The molecule has 1 heteroatoms. The molecule has 0 heterocycles. The maximum atomic E-state index is 3.36. The molecule has 0 aromatic heterocycles. The monoisotopic (exact) mass is 331 g/mol. The highest BCUT2D eigenvalue weighted by molar-refractivity contribution is 5.76. The lowest BCUT2D eigenvalue weighted by Gasteiger charge is -2.25. The van der Waals surface area contributed by atoms with Gasteiger partial charge in [-0.15, -0.1) is 6.58 Å². The van der Waals surface area contributed by atoms with Gasteiger partial charge in [0.1, 0.15) is 0 Å². The van der Waals surface area contributed by atoms with Crippen LogP contribution in [-0.4, -0.2) is 0 Å². The van der Waals surface area contributed by atoms with Crippen LogP contribution in [0.25, 0.3) is 0 Å². The fourth-order valence-electron chi connectivity index (χ4n) is 2.30. The predicted molar refractivity (Wildman–Crippen MR) is 113 cm³/mol. The molecule has 0 radical (unpaired) electrons. The standard InChI is InChI=1S/C19H17N.C3H6.C2H6/c1-16-12-14-19(15-13-16)20(17-8-4-2-5-9-17)18-10-6-3-7-11-18;1-3-2;1-2/h2-15H,1H3;3H,1H2,2H3;1-2H3. The van der Waals surface area contributed by atoms with E-state index in [1.165, 1.54) is 22.6 Å². The molecular weight excluding hydrogens is 302 g/mol. The fourth-order valence-corrected chi connectivity index (χ4v) is 2.30. The molecule has 0 fully saturated rings. The maximum Gasteiger partial charge on any atom is 0.0461 e. The summed E-state index contributed by atoms with van der Waals surface area (Å²) in [4.78, 5) is 2.26. The first-order valence-electron chi connectivity index (χ1n) is 8.80. The van der Waals surface area contributed by atoms with Gasteiger partial charge in [-0.2, -0.15) is 0 Å². The van der Waals surface area contributed by atoms with Crippen molar-refractivity contribution in [1.29, 1.82) is 0 Å². The van der Waals surface area contributed by atoms with Gasteiger partial charge in [0.25, 0.3) is 0 Å². The number of anilines is 3. The third kappa shape index (κ3) is 6.31. The van der Waals surface area contributed by atoms with Crippen LogP contribution < -0.4 is 4.90 Å². The third-order valence-electron chi connectivity index (χ3n) is 3.32. The van der Waals surface area contributed by atoms with Gasteiger partial charge in [-0.3, -0.25) is 0 Å². The third-order valence-corrected chi connectivity index (χ3v) is 3.32. The summed E-state index contributed by atoms with van der Waals surface area (Å²) in [5.74, 6) is 0. The molecule has 1 nitrogen and oxygen atoms in total. The highest BCUT2D eigenvalue weighted by atomic mass is 15.1. The van der Waals surface area contributed by atoms with Crippen LogP contribution in [0.1, 0.15) is 26.3 Å². The molecule has 0 aliphatic rings. The van der Waals surface area contributed by atoms with Crippen LogP contribution in [0.15, 0.2) is 97.6 Å². The average molecular weight is 332 g/mol. The Morgan fingerprint density at radius 1 is 0.640 bits per heavy atom. The zero-order valence-corrected chi connectivity index (χ0v) is 15.8. The fraction of sp³-hybridized carbons (Fsp3) is 0.167. The average Bonchev–Trinajstić information content (AvgIpc) is 2.68. The van der Waals surface area contributed by atoms with E-state index >= 15 is 0 Å². The Bertz CT molecular complexity index is 661. The molecule has 25 heavy (non-hydrogen) atoms. The number of nitrogens with zero attached hydrogens (tertiary/aromatic N) is 1. The van der Waals surface area contributed by atoms with Crippen molar-refractivity contribution in [2.24, 2.45) is 0 Å². The molecule has 0 spiro atoms. The number of benzene rings is 3. The van der Waals surface area contributed by atoms with Gasteiger partial charge in [-0.05, 0) is 50.2 Å². The minimum Gasteiger partial charge on any atom is -0.311 e. The summed E-state index contributed by atoms with van der Waals surface area (Å²) in [6.45, 7) is 11.4. The lowest BCUT2D eigenvalue weighted by atomic mass is 10.1. The van der Waals surface area contributed by atoms with E-state index in [0.29, 0.717) is 0 Å². The summed E-state index contributed by atoms with van der Waals surface area (Å²) in [6, 6.07) is 29.5. The Labute approximate surface area is 153 Å². The van der Waals surface area contributed by atoms with E-state index < -0.39 is 0 Å². The molecule has 0 N–H and O–H groups in total. The Morgan fingerprint density at radius 3 is 1.32 bits per heavy atom. The van der Waals surface area contributed by atoms with Gasteiger partial charge >= 0.3 is 0 Å². The zero-order chi connectivity index (χ0) is 18.5. The molecule has 0 unspecified atom stereocenters. The van der Waals surface area contributed by atoms with Crippen molar-refractivity contribution in [3.8, 4) is 0 Å². The van der Waals surface area contributed by atoms with Crippen LogP contribution in [0, 0.1) is 6.92 Å². The van der Waals surface area contributed by atoms with Gasteiger partial charge in [-0.1, -0.05) is 74.0 Å². The first-order chi connectivity index (χ1) is 12.3.